The molecule has 1 aromatic carbocycles. The average Bonchev–Trinajstić information content (AvgIpc) is 2.29. The van der Waals surface area contributed by atoms with E-state index < -0.39 is 4.92 Å². The van der Waals surface area contributed by atoms with E-state index in [1.807, 2.05) is 0 Å². The predicted molar refractivity (Wildman–Crippen MR) is 61.7 cm³/mol. The van der Waals surface area contributed by atoms with Crippen LogP contribution in [0.4, 0.5) is 5.69 Å². The first-order chi connectivity index (χ1) is 7.72. The standard InChI is InChI=1S/C10H9BN2O3/c14-12-11-10-3-1-2-7-4-5-8(13(15)16)6-9(7)10/h4-6H,1-3H2. The number of nitroso groups, excluding NO2 is 1. The second kappa shape index (κ2) is 4.34. The Labute approximate surface area is 92.5 Å². The fourth-order valence-corrected chi connectivity index (χ4v) is 2.00. The third-order valence-corrected chi connectivity index (χ3v) is 2.75. The van der Waals surface area contributed by atoms with E-state index in [2.05, 4.69) is 5.09 Å². The van der Waals surface area contributed by atoms with Crippen LogP contribution >= 0.6 is 0 Å². The molecule has 2 rings (SSSR count). The summed E-state index contributed by atoms with van der Waals surface area (Å²) in [5.74, 6) is 0. The van der Waals surface area contributed by atoms with Gasteiger partial charge < -0.3 is 0 Å². The second-order valence-corrected chi connectivity index (χ2v) is 3.71. The Balaban J connectivity index is 2.52. The van der Waals surface area contributed by atoms with Gasteiger partial charge in [0.25, 0.3) is 0 Å². The zero-order valence-corrected chi connectivity index (χ0v) is 8.55. The van der Waals surface area contributed by atoms with Crippen molar-refractivity contribution in [2.45, 2.75) is 19.3 Å². The van der Waals surface area contributed by atoms with Gasteiger partial charge in [0.2, 0.25) is 0 Å². The number of aryl methyl sites for hydroxylation is 1. The second-order valence-electron chi connectivity index (χ2n) is 3.71. The fourth-order valence-electron chi connectivity index (χ4n) is 2.00. The van der Waals surface area contributed by atoms with Crippen LogP contribution in [0.1, 0.15) is 24.0 Å². The summed E-state index contributed by atoms with van der Waals surface area (Å²) in [7, 11) is 1.25. The fraction of sp³-hybridized carbons (Fsp3) is 0.300. The number of nitrogens with zero attached hydrogens (tertiary/aromatic N) is 2. The zero-order chi connectivity index (χ0) is 11.5. The molecule has 0 fully saturated rings. The van der Waals surface area contributed by atoms with Crippen LogP contribution < -0.4 is 0 Å². The molecule has 80 valence electrons. The monoisotopic (exact) mass is 216 g/mol. The van der Waals surface area contributed by atoms with Gasteiger partial charge in [-0.2, -0.15) is 0 Å². The van der Waals surface area contributed by atoms with Crippen LogP contribution in [0.5, 0.6) is 0 Å². The summed E-state index contributed by atoms with van der Waals surface area (Å²) in [6, 6.07) is 4.77. The number of fused-ring (bicyclic) bond motifs is 1. The Morgan fingerprint density at radius 3 is 2.88 bits per heavy atom. The van der Waals surface area contributed by atoms with Gasteiger partial charge in [-0.1, -0.05) is 0 Å². The van der Waals surface area contributed by atoms with Crippen molar-refractivity contribution >= 4 is 18.2 Å². The van der Waals surface area contributed by atoms with Gasteiger partial charge in [-0.25, -0.2) is 0 Å². The molecule has 0 aliphatic heterocycles. The average molecular weight is 216 g/mol. The molecule has 1 aromatic rings. The van der Waals surface area contributed by atoms with Gasteiger partial charge in [0.15, 0.2) is 0 Å². The number of hydrogen-bond acceptors (Lipinski definition) is 4. The summed E-state index contributed by atoms with van der Waals surface area (Å²) < 4.78 is 0. The zero-order valence-electron chi connectivity index (χ0n) is 8.55. The Hall–Kier alpha value is -1.85. The van der Waals surface area contributed by atoms with Crippen molar-refractivity contribution in [3.05, 3.63) is 44.3 Å². The van der Waals surface area contributed by atoms with Crippen molar-refractivity contribution in [2.75, 3.05) is 0 Å². The Morgan fingerprint density at radius 2 is 2.19 bits per heavy atom. The van der Waals surface area contributed by atoms with E-state index in [1.165, 1.54) is 19.2 Å². The molecule has 16 heavy (non-hydrogen) atoms. The molecule has 6 heteroatoms. The number of nitro groups is 1. The molecular formula is C10H9BN2O3. The molecule has 0 saturated carbocycles. The summed E-state index contributed by atoms with van der Waals surface area (Å²) in [6.45, 7) is 0. The molecule has 0 bridgehead atoms. The molecule has 0 spiro atoms. The Bertz CT molecular complexity index is 485. The van der Waals surface area contributed by atoms with Crippen LogP contribution in [0, 0.1) is 15.0 Å². The molecule has 1 aliphatic rings. The molecule has 0 saturated heterocycles. The van der Waals surface area contributed by atoms with Gasteiger partial charge in [-0.3, -0.25) is 0 Å². The van der Waals surface area contributed by atoms with Crippen LogP contribution in [0.3, 0.4) is 0 Å². The van der Waals surface area contributed by atoms with E-state index in [9.17, 15) is 15.0 Å². The number of nitro benzene ring substituents is 1. The van der Waals surface area contributed by atoms with Crippen molar-refractivity contribution in [1.29, 1.82) is 0 Å². The molecule has 0 atom stereocenters. The van der Waals surface area contributed by atoms with Crippen LogP contribution in [0.25, 0.3) is 0 Å². The van der Waals surface area contributed by atoms with Crippen molar-refractivity contribution in [2.24, 2.45) is 5.09 Å². The van der Waals surface area contributed by atoms with E-state index in [0.717, 1.165) is 35.9 Å². The van der Waals surface area contributed by atoms with Crippen LogP contribution in [0.2, 0.25) is 0 Å². The third-order valence-electron chi connectivity index (χ3n) is 2.75. The number of rotatable bonds is 2. The first-order valence-corrected chi connectivity index (χ1v) is 5.01. The maximum atomic E-state index is 10.7. The van der Waals surface area contributed by atoms with Gasteiger partial charge in [0.05, 0.1) is 0 Å². The van der Waals surface area contributed by atoms with E-state index in [4.69, 9.17) is 0 Å². The molecule has 5 nitrogen and oxygen atoms in total. The summed E-state index contributed by atoms with van der Waals surface area (Å²) in [6.07, 6.45) is 2.59. The third kappa shape index (κ3) is 1.91. The van der Waals surface area contributed by atoms with Gasteiger partial charge in [-0.05, 0) is 0 Å². The molecule has 0 N–H and O–H groups in total. The van der Waals surface area contributed by atoms with E-state index >= 15 is 0 Å². The molecule has 0 aromatic heterocycles. The van der Waals surface area contributed by atoms with Gasteiger partial charge in [0, 0.05) is 0 Å². The van der Waals surface area contributed by atoms with E-state index in [-0.39, 0.29) is 5.69 Å². The van der Waals surface area contributed by atoms with Crippen molar-refractivity contribution < 1.29 is 4.92 Å². The predicted octanol–water partition coefficient (Wildman–Crippen LogP) is 1.84. The quantitative estimate of drug-likeness (QED) is 0.327. The summed E-state index contributed by atoms with van der Waals surface area (Å²) in [5, 5.41) is 13.4. The van der Waals surface area contributed by atoms with Crippen molar-refractivity contribution in [1.82, 2.24) is 0 Å². The first kappa shape index (κ1) is 10.7. The van der Waals surface area contributed by atoms with Gasteiger partial charge in [0.1, 0.15) is 0 Å². The number of non-ortho nitro benzene ring substituents is 1. The van der Waals surface area contributed by atoms with Crippen LogP contribution in [0.15, 0.2) is 23.3 Å². The van der Waals surface area contributed by atoms with E-state index in [1.54, 1.807) is 6.07 Å². The van der Waals surface area contributed by atoms with Crippen molar-refractivity contribution in [3.8, 4) is 0 Å². The van der Waals surface area contributed by atoms with Crippen LogP contribution in [-0.4, -0.2) is 17.4 Å². The van der Waals surface area contributed by atoms with Crippen LogP contribution in [-0.2, 0) is 6.42 Å². The Morgan fingerprint density at radius 1 is 1.38 bits per heavy atom. The van der Waals surface area contributed by atoms with Gasteiger partial charge in [-0.15, -0.1) is 0 Å². The molecule has 0 heterocycles. The topological polar surface area (TPSA) is 72.6 Å². The van der Waals surface area contributed by atoms with E-state index in [0.29, 0.717) is 0 Å². The SMILES string of the molecule is O=NB=C1CCCc2ccc([N+](=O)[O-])cc21. The molecule has 1 aliphatic carbocycles. The molecular weight excluding hydrogens is 207 g/mol. The Kier molecular flexibility index (Phi) is 2.89. The minimum absolute atomic E-state index is 0.0532. The molecule has 0 radical (unpaired) electrons. The van der Waals surface area contributed by atoms with Crippen molar-refractivity contribution in [3.63, 3.8) is 0 Å². The normalized spacial score (nSPS) is 16.4. The first-order valence-electron chi connectivity index (χ1n) is 5.01. The number of benzene rings is 1. The van der Waals surface area contributed by atoms with Gasteiger partial charge >= 0.3 is 91.8 Å². The maximum absolute atomic E-state index is 10.7. The molecule has 0 unspecified atom stereocenters. The summed E-state index contributed by atoms with van der Waals surface area (Å²) >= 11 is 0. The summed E-state index contributed by atoms with van der Waals surface area (Å²) in [5.41, 5.74) is 2.68. The molecule has 0 amide bonds. The summed E-state index contributed by atoms with van der Waals surface area (Å²) in [4.78, 5) is 20.5. The number of hydrogen-bond donors (Lipinski definition) is 0. The minimum atomic E-state index is -0.430.